The van der Waals surface area contributed by atoms with Crippen molar-refractivity contribution in [2.75, 3.05) is 19.5 Å². The number of nitro groups is 1. The topological polar surface area (TPSA) is 84.7 Å². The van der Waals surface area contributed by atoms with E-state index in [1.165, 1.54) is 12.1 Å². The van der Waals surface area contributed by atoms with Gasteiger partial charge in [0.05, 0.1) is 18.1 Å². The molecule has 1 amide bonds. The molecule has 2 aromatic rings. The van der Waals surface area contributed by atoms with Gasteiger partial charge in [0.25, 0.3) is 5.69 Å². The average Bonchev–Trinajstić information content (AvgIpc) is 2.61. The number of ether oxygens (including phenoxy) is 1. The first-order valence-electron chi connectivity index (χ1n) is 8.63. The van der Waals surface area contributed by atoms with Crippen LogP contribution in [0.15, 0.2) is 36.4 Å². The monoisotopic (exact) mass is 371 g/mol. The molecule has 0 radical (unpaired) electrons. The summed E-state index contributed by atoms with van der Waals surface area (Å²) in [4.78, 5) is 25.0. The molecule has 1 unspecified atom stereocenters. The lowest BCUT2D eigenvalue weighted by Gasteiger charge is -2.24. The number of amides is 1. The average molecular weight is 371 g/mol. The highest BCUT2D eigenvalue weighted by molar-refractivity contribution is 5.96. The van der Waals surface area contributed by atoms with E-state index in [0.717, 1.165) is 22.4 Å². The van der Waals surface area contributed by atoms with Crippen LogP contribution in [0.4, 0.5) is 11.4 Å². The molecule has 0 fully saturated rings. The van der Waals surface area contributed by atoms with Crippen molar-refractivity contribution in [2.45, 2.75) is 33.4 Å². The van der Waals surface area contributed by atoms with Gasteiger partial charge >= 0.3 is 0 Å². The minimum Gasteiger partial charge on any atom is -0.496 e. The third-order valence-electron chi connectivity index (χ3n) is 4.56. The van der Waals surface area contributed by atoms with Crippen molar-refractivity contribution in [2.24, 2.45) is 0 Å². The van der Waals surface area contributed by atoms with Gasteiger partial charge in [-0.1, -0.05) is 24.3 Å². The van der Waals surface area contributed by atoms with Gasteiger partial charge in [-0.25, -0.2) is 0 Å². The second-order valence-electron chi connectivity index (χ2n) is 6.62. The number of nitro benzene ring substituents is 1. The van der Waals surface area contributed by atoms with Gasteiger partial charge in [0.15, 0.2) is 0 Å². The minimum atomic E-state index is -0.507. The van der Waals surface area contributed by atoms with Crippen LogP contribution in [0.3, 0.4) is 0 Å². The van der Waals surface area contributed by atoms with E-state index in [2.05, 4.69) is 5.32 Å². The summed E-state index contributed by atoms with van der Waals surface area (Å²) in [5, 5.41) is 13.8. The maximum absolute atomic E-state index is 12.6. The zero-order chi connectivity index (χ0) is 20.1. The van der Waals surface area contributed by atoms with Crippen molar-refractivity contribution in [1.29, 1.82) is 0 Å². The van der Waals surface area contributed by atoms with E-state index in [0.29, 0.717) is 6.54 Å². The standard InChI is InChI=1S/C20H25N3O4/c1-13-10-16(11-14(2)19(13)27-5)12-22(4)15(3)20(24)21-17-8-6-7-9-18(17)23(25)26/h6-11,15H,12H2,1-5H3,(H,21,24). The third kappa shape index (κ3) is 4.83. The van der Waals surface area contributed by atoms with Gasteiger partial charge in [0.1, 0.15) is 11.4 Å². The van der Waals surface area contributed by atoms with Crippen LogP contribution >= 0.6 is 0 Å². The van der Waals surface area contributed by atoms with Crippen molar-refractivity contribution in [3.63, 3.8) is 0 Å². The number of carbonyl (C=O) groups excluding carboxylic acids is 1. The van der Waals surface area contributed by atoms with Gasteiger partial charge in [-0.15, -0.1) is 0 Å². The van der Waals surface area contributed by atoms with Crippen molar-refractivity contribution in [3.8, 4) is 5.75 Å². The molecule has 0 saturated carbocycles. The Labute approximate surface area is 159 Å². The van der Waals surface area contributed by atoms with Crippen molar-refractivity contribution in [1.82, 2.24) is 4.90 Å². The number of likely N-dealkylation sites (N-methyl/N-ethyl adjacent to an activating group) is 1. The largest absolute Gasteiger partial charge is 0.496 e. The molecule has 7 heteroatoms. The van der Waals surface area contributed by atoms with Crippen LogP contribution in [0.2, 0.25) is 0 Å². The number of hydrogen-bond acceptors (Lipinski definition) is 5. The molecular formula is C20H25N3O4. The summed E-state index contributed by atoms with van der Waals surface area (Å²) in [6.07, 6.45) is 0. The molecule has 27 heavy (non-hydrogen) atoms. The number of nitrogens with zero attached hydrogens (tertiary/aromatic N) is 2. The summed E-state index contributed by atoms with van der Waals surface area (Å²) in [5.74, 6) is 0.567. The Bertz CT molecular complexity index is 828. The first-order chi connectivity index (χ1) is 12.7. The summed E-state index contributed by atoms with van der Waals surface area (Å²) in [6, 6.07) is 9.72. The van der Waals surface area contributed by atoms with Crippen LogP contribution in [0.1, 0.15) is 23.6 Å². The van der Waals surface area contributed by atoms with Crippen LogP contribution in [0, 0.1) is 24.0 Å². The van der Waals surface area contributed by atoms with Gasteiger partial charge in [-0.3, -0.25) is 19.8 Å². The highest BCUT2D eigenvalue weighted by atomic mass is 16.6. The van der Waals surface area contributed by atoms with Crippen LogP contribution in [0.5, 0.6) is 5.75 Å². The molecular weight excluding hydrogens is 346 g/mol. The Morgan fingerprint density at radius 1 is 1.26 bits per heavy atom. The molecule has 1 atom stereocenters. The van der Waals surface area contributed by atoms with Crippen LogP contribution < -0.4 is 10.1 Å². The predicted molar refractivity (Wildman–Crippen MR) is 105 cm³/mol. The lowest BCUT2D eigenvalue weighted by atomic mass is 10.0. The number of anilines is 1. The SMILES string of the molecule is COc1c(C)cc(CN(C)C(C)C(=O)Nc2ccccc2[N+](=O)[O-])cc1C. The number of methoxy groups -OCH3 is 1. The smallest absolute Gasteiger partial charge is 0.292 e. The zero-order valence-electron chi connectivity index (χ0n) is 16.3. The first kappa shape index (κ1) is 20.4. The van der Waals surface area contributed by atoms with Gasteiger partial charge in [-0.2, -0.15) is 0 Å². The fourth-order valence-electron chi connectivity index (χ4n) is 3.05. The Balaban J connectivity index is 2.10. The molecule has 2 aromatic carbocycles. The van der Waals surface area contributed by atoms with Crippen molar-refractivity contribution in [3.05, 3.63) is 63.2 Å². The van der Waals surface area contributed by atoms with E-state index in [9.17, 15) is 14.9 Å². The number of nitrogens with one attached hydrogen (secondary N) is 1. The summed E-state index contributed by atoms with van der Waals surface area (Å²) < 4.78 is 5.39. The molecule has 0 bridgehead atoms. The summed E-state index contributed by atoms with van der Waals surface area (Å²) in [6.45, 7) is 6.31. The first-order valence-corrected chi connectivity index (χ1v) is 8.63. The number of carbonyl (C=O) groups is 1. The lowest BCUT2D eigenvalue weighted by molar-refractivity contribution is -0.383. The summed E-state index contributed by atoms with van der Waals surface area (Å²) in [5.41, 5.74) is 3.22. The molecule has 0 spiro atoms. The molecule has 0 saturated heterocycles. The second-order valence-corrected chi connectivity index (χ2v) is 6.62. The molecule has 7 nitrogen and oxygen atoms in total. The van der Waals surface area contributed by atoms with Crippen molar-refractivity contribution >= 4 is 17.3 Å². The number of rotatable bonds is 7. The van der Waals surface area contributed by atoms with Crippen LogP contribution in [0.25, 0.3) is 0 Å². The van der Waals surface area contributed by atoms with E-state index in [1.54, 1.807) is 26.2 Å². The minimum absolute atomic E-state index is 0.123. The Kier molecular flexibility index (Phi) is 6.52. The summed E-state index contributed by atoms with van der Waals surface area (Å²) in [7, 11) is 3.49. The van der Waals surface area contributed by atoms with E-state index in [4.69, 9.17) is 4.74 Å². The zero-order valence-corrected chi connectivity index (χ0v) is 16.3. The molecule has 1 N–H and O–H groups in total. The quantitative estimate of drug-likeness (QED) is 0.593. The molecule has 0 heterocycles. The Morgan fingerprint density at radius 3 is 2.41 bits per heavy atom. The summed E-state index contributed by atoms with van der Waals surface area (Å²) >= 11 is 0. The maximum atomic E-state index is 12.6. The van der Waals surface area contributed by atoms with E-state index < -0.39 is 11.0 Å². The number of benzene rings is 2. The normalized spacial score (nSPS) is 11.9. The number of hydrogen-bond donors (Lipinski definition) is 1. The van der Waals surface area contributed by atoms with E-state index >= 15 is 0 Å². The molecule has 0 aliphatic heterocycles. The van der Waals surface area contributed by atoms with Gasteiger partial charge in [0, 0.05) is 12.6 Å². The highest BCUT2D eigenvalue weighted by Gasteiger charge is 2.22. The Morgan fingerprint density at radius 2 is 1.85 bits per heavy atom. The molecule has 144 valence electrons. The van der Waals surface area contributed by atoms with Crippen LogP contribution in [-0.2, 0) is 11.3 Å². The predicted octanol–water partition coefficient (Wildman–Crippen LogP) is 3.68. The number of aryl methyl sites for hydroxylation is 2. The number of para-hydroxylation sites is 2. The van der Waals surface area contributed by atoms with Crippen molar-refractivity contribution < 1.29 is 14.5 Å². The van der Waals surface area contributed by atoms with Gasteiger partial charge in [0.2, 0.25) is 5.91 Å². The lowest BCUT2D eigenvalue weighted by Crippen LogP contribution is -2.39. The maximum Gasteiger partial charge on any atom is 0.292 e. The molecule has 0 aliphatic rings. The van der Waals surface area contributed by atoms with Gasteiger partial charge < -0.3 is 10.1 Å². The van der Waals surface area contributed by atoms with Gasteiger partial charge in [-0.05, 0) is 50.6 Å². The molecule has 0 aliphatic carbocycles. The van der Waals surface area contributed by atoms with E-state index in [1.807, 2.05) is 37.9 Å². The van der Waals surface area contributed by atoms with E-state index in [-0.39, 0.29) is 17.3 Å². The van der Waals surface area contributed by atoms with Crippen LogP contribution in [-0.4, -0.2) is 35.9 Å². The fraction of sp³-hybridized carbons (Fsp3) is 0.350. The molecule has 0 aromatic heterocycles. The fourth-order valence-corrected chi connectivity index (χ4v) is 3.05. The second kappa shape index (κ2) is 8.64. The third-order valence-corrected chi connectivity index (χ3v) is 4.56. The molecule has 2 rings (SSSR count). The Hall–Kier alpha value is -2.93. The highest BCUT2D eigenvalue weighted by Crippen LogP contribution is 2.26.